The number of esters is 2. The predicted octanol–water partition coefficient (Wildman–Crippen LogP) is 4.34. The molecule has 0 rings (SSSR count). The lowest BCUT2D eigenvalue weighted by Gasteiger charge is -2.22. The van der Waals surface area contributed by atoms with Crippen LogP contribution in [0.15, 0.2) is 12.2 Å². The molecule has 0 radical (unpaired) electrons. The molecular weight excluding hydrogens is 358 g/mol. The summed E-state index contributed by atoms with van der Waals surface area (Å²) in [5.74, 6) is -2.92. The number of hydrogen-bond donors (Lipinski definition) is 0. The summed E-state index contributed by atoms with van der Waals surface area (Å²) >= 11 is 0. The molecule has 0 saturated heterocycles. The van der Waals surface area contributed by atoms with Gasteiger partial charge < -0.3 is 9.47 Å². The van der Waals surface area contributed by atoms with Crippen LogP contribution in [-0.2, 0) is 19.1 Å². The van der Waals surface area contributed by atoms with E-state index in [0.29, 0.717) is 6.08 Å². The van der Waals surface area contributed by atoms with Gasteiger partial charge >= 0.3 is 24.3 Å². The summed E-state index contributed by atoms with van der Waals surface area (Å²) in [6, 6.07) is 0. The summed E-state index contributed by atoms with van der Waals surface area (Å²) in [6.07, 6.45) is -11.9. The largest absolute Gasteiger partial charge is 0.462 e. The van der Waals surface area contributed by atoms with Crippen LogP contribution >= 0.6 is 0 Å². The fourth-order valence-electron chi connectivity index (χ4n) is 1.76. The van der Waals surface area contributed by atoms with Crippen molar-refractivity contribution in [2.24, 2.45) is 5.92 Å². The molecule has 0 saturated carbocycles. The molecule has 10 heteroatoms. The van der Waals surface area contributed by atoms with Crippen molar-refractivity contribution in [3.63, 3.8) is 0 Å². The van der Waals surface area contributed by atoms with Gasteiger partial charge in [0.05, 0.1) is 6.61 Å². The van der Waals surface area contributed by atoms with E-state index in [2.05, 4.69) is 4.74 Å². The van der Waals surface area contributed by atoms with Crippen molar-refractivity contribution in [1.82, 2.24) is 0 Å². The minimum absolute atomic E-state index is 0.0441. The van der Waals surface area contributed by atoms with E-state index in [1.165, 1.54) is 0 Å². The SMILES string of the molecule is CCCCC(CC)COC(=O)C=CC(=O)OC(C(F)(F)F)C(F)(F)F. The third kappa shape index (κ3) is 9.98. The Morgan fingerprint density at radius 3 is 1.92 bits per heavy atom. The van der Waals surface area contributed by atoms with E-state index in [1.54, 1.807) is 0 Å². The molecule has 0 aromatic rings. The summed E-state index contributed by atoms with van der Waals surface area (Å²) in [5.41, 5.74) is 0. The van der Waals surface area contributed by atoms with Crippen molar-refractivity contribution in [1.29, 1.82) is 0 Å². The monoisotopic (exact) mass is 378 g/mol. The molecule has 0 amide bonds. The van der Waals surface area contributed by atoms with E-state index in [-0.39, 0.29) is 18.6 Å². The summed E-state index contributed by atoms with van der Waals surface area (Å²) in [6.45, 7) is 3.92. The molecule has 0 fully saturated rings. The van der Waals surface area contributed by atoms with E-state index in [9.17, 15) is 35.9 Å². The normalized spacial score (nSPS) is 14.0. The maximum Gasteiger partial charge on any atom is 0.434 e. The molecule has 1 unspecified atom stereocenters. The number of carbonyl (C=O) groups excluding carboxylic acids is 2. The Balaban J connectivity index is 4.55. The van der Waals surface area contributed by atoms with Crippen molar-refractivity contribution in [2.75, 3.05) is 6.61 Å². The number of hydrogen-bond acceptors (Lipinski definition) is 4. The van der Waals surface area contributed by atoms with Gasteiger partial charge in [-0.15, -0.1) is 0 Å². The second-order valence-electron chi connectivity index (χ2n) is 5.28. The lowest BCUT2D eigenvalue weighted by molar-refractivity contribution is -0.312. The number of alkyl halides is 6. The Hall–Kier alpha value is -1.74. The first-order valence-corrected chi connectivity index (χ1v) is 7.60. The van der Waals surface area contributed by atoms with Gasteiger partial charge in [0.1, 0.15) is 0 Å². The maximum absolute atomic E-state index is 12.2. The number of carbonyl (C=O) groups is 2. The van der Waals surface area contributed by atoms with Crippen molar-refractivity contribution in [3.05, 3.63) is 12.2 Å². The zero-order valence-electron chi connectivity index (χ0n) is 13.7. The summed E-state index contributed by atoms with van der Waals surface area (Å²) < 4.78 is 81.4. The van der Waals surface area contributed by atoms with Crippen LogP contribution in [0.5, 0.6) is 0 Å². The zero-order valence-corrected chi connectivity index (χ0v) is 13.7. The van der Waals surface area contributed by atoms with Crippen LogP contribution in [0.4, 0.5) is 26.3 Å². The van der Waals surface area contributed by atoms with Crippen molar-refractivity contribution < 1.29 is 45.4 Å². The van der Waals surface area contributed by atoms with Gasteiger partial charge in [-0.25, -0.2) is 9.59 Å². The van der Waals surface area contributed by atoms with Crippen LogP contribution in [0.2, 0.25) is 0 Å². The van der Waals surface area contributed by atoms with Gasteiger partial charge in [-0.3, -0.25) is 0 Å². The quantitative estimate of drug-likeness (QED) is 0.340. The molecule has 0 aliphatic rings. The van der Waals surface area contributed by atoms with Crippen LogP contribution in [0.1, 0.15) is 39.5 Å². The fraction of sp³-hybridized carbons (Fsp3) is 0.733. The van der Waals surface area contributed by atoms with Crippen molar-refractivity contribution >= 4 is 11.9 Å². The third-order valence-corrected chi connectivity index (χ3v) is 3.19. The summed E-state index contributed by atoms with van der Waals surface area (Å²) in [7, 11) is 0. The average molecular weight is 378 g/mol. The number of ether oxygens (including phenoxy) is 2. The van der Waals surface area contributed by atoms with Crippen LogP contribution in [-0.4, -0.2) is 37.0 Å². The van der Waals surface area contributed by atoms with E-state index in [4.69, 9.17) is 4.74 Å². The third-order valence-electron chi connectivity index (χ3n) is 3.19. The lowest BCUT2D eigenvalue weighted by Crippen LogP contribution is -2.45. The van der Waals surface area contributed by atoms with E-state index in [1.807, 2.05) is 13.8 Å². The Morgan fingerprint density at radius 1 is 0.960 bits per heavy atom. The minimum Gasteiger partial charge on any atom is -0.462 e. The Kier molecular flexibility index (Phi) is 9.58. The Morgan fingerprint density at radius 2 is 1.48 bits per heavy atom. The highest BCUT2D eigenvalue weighted by Gasteiger charge is 2.59. The molecule has 0 aliphatic heterocycles. The molecule has 1 atom stereocenters. The molecule has 0 aromatic heterocycles. The van der Waals surface area contributed by atoms with Crippen LogP contribution in [0.25, 0.3) is 0 Å². The molecule has 0 N–H and O–H groups in total. The fourth-order valence-corrected chi connectivity index (χ4v) is 1.76. The molecule has 0 heterocycles. The molecule has 0 spiro atoms. The number of rotatable bonds is 9. The van der Waals surface area contributed by atoms with Gasteiger partial charge in [0, 0.05) is 12.2 Å². The van der Waals surface area contributed by atoms with Gasteiger partial charge in [-0.2, -0.15) is 26.3 Å². The number of unbranched alkanes of at least 4 members (excludes halogenated alkanes) is 1. The molecule has 0 bridgehead atoms. The molecule has 4 nitrogen and oxygen atoms in total. The second-order valence-corrected chi connectivity index (χ2v) is 5.28. The van der Waals surface area contributed by atoms with Crippen LogP contribution in [0.3, 0.4) is 0 Å². The second kappa shape index (κ2) is 10.3. The van der Waals surface area contributed by atoms with Crippen molar-refractivity contribution in [2.45, 2.75) is 58.0 Å². The molecule has 0 aliphatic carbocycles. The molecule has 25 heavy (non-hydrogen) atoms. The topological polar surface area (TPSA) is 52.6 Å². The zero-order chi connectivity index (χ0) is 19.7. The molecule has 0 aromatic carbocycles. The highest BCUT2D eigenvalue weighted by Crippen LogP contribution is 2.35. The Bertz CT molecular complexity index is 442. The number of halogens is 6. The van der Waals surface area contributed by atoms with E-state index in [0.717, 1.165) is 25.7 Å². The van der Waals surface area contributed by atoms with E-state index >= 15 is 0 Å². The van der Waals surface area contributed by atoms with Crippen LogP contribution < -0.4 is 0 Å². The van der Waals surface area contributed by atoms with Gasteiger partial charge in [-0.1, -0.05) is 33.1 Å². The standard InChI is InChI=1S/C15H20F6O4/c1-3-5-6-10(4-2)9-24-11(22)7-8-12(23)25-13(14(16,17)18)15(19,20)21/h7-8,10,13H,3-6,9H2,1-2H3. The maximum atomic E-state index is 12.2. The molecule has 146 valence electrons. The van der Waals surface area contributed by atoms with Gasteiger partial charge in [-0.05, 0) is 12.3 Å². The molecular formula is C15H20F6O4. The summed E-state index contributed by atoms with van der Waals surface area (Å²) in [4.78, 5) is 22.4. The van der Waals surface area contributed by atoms with Gasteiger partial charge in [0.2, 0.25) is 0 Å². The first-order valence-electron chi connectivity index (χ1n) is 7.60. The smallest absolute Gasteiger partial charge is 0.434 e. The lowest BCUT2D eigenvalue weighted by atomic mass is 10.0. The van der Waals surface area contributed by atoms with Crippen LogP contribution in [0, 0.1) is 5.92 Å². The van der Waals surface area contributed by atoms with Gasteiger partial charge in [0.15, 0.2) is 0 Å². The minimum atomic E-state index is -5.81. The first-order chi connectivity index (χ1) is 11.4. The first kappa shape index (κ1) is 23.3. The predicted molar refractivity (Wildman–Crippen MR) is 75.4 cm³/mol. The summed E-state index contributed by atoms with van der Waals surface area (Å²) in [5, 5.41) is 0. The Labute approximate surface area is 141 Å². The van der Waals surface area contributed by atoms with E-state index < -0.39 is 30.4 Å². The highest BCUT2D eigenvalue weighted by atomic mass is 19.4. The van der Waals surface area contributed by atoms with Gasteiger partial charge in [0.25, 0.3) is 6.10 Å². The van der Waals surface area contributed by atoms with Crippen molar-refractivity contribution in [3.8, 4) is 0 Å². The highest BCUT2D eigenvalue weighted by molar-refractivity contribution is 5.91. The average Bonchev–Trinajstić information content (AvgIpc) is 2.48.